The third kappa shape index (κ3) is 2.54. The Morgan fingerprint density at radius 3 is 2.73 bits per heavy atom. The van der Waals surface area contributed by atoms with Crippen LogP contribution in [0.1, 0.15) is 17.5 Å². The molecule has 2 aromatic rings. The first kappa shape index (κ1) is 14.2. The molecule has 2 aromatic carbocycles. The molecular formula is C17H15N3O2. The van der Waals surface area contributed by atoms with E-state index in [1.165, 1.54) is 0 Å². The second kappa shape index (κ2) is 5.92. The van der Waals surface area contributed by atoms with Gasteiger partial charge < -0.3 is 4.74 Å². The Balaban J connectivity index is 2.12. The fourth-order valence-electron chi connectivity index (χ4n) is 2.65. The van der Waals surface area contributed by atoms with Crippen LogP contribution in [0.2, 0.25) is 0 Å². The van der Waals surface area contributed by atoms with Crippen molar-refractivity contribution in [3.8, 4) is 5.75 Å². The summed E-state index contributed by atoms with van der Waals surface area (Å²) in [4.78, 5) is 15.0. The number of azo groups is 1. The standard InChI is InChI=1S/C17H15N3O2/c1-13-6-5-9-15-16(13)17(18-12-21,10-11-22-15)20-19-14-7-3-2-4-8-14/h2-9H,10-11H2,1H3. The second-order valence-electron chi connectivity index (χ2n) is 5.10. The molecule has 1 aliphatic rings. The number of nitrogens with zero attached hydrogens (tertiary/aromatic N) is 3. The molecule has 0 saturated heterocycles. The molecule has 0 aliphatic carbocycles. The van der Waals surface area contributed by atoms with Gasteiger partial charge in [0.05, 0.1) is 12.3 Å². The van der Waals surface area contributed by atoms with Gasteiger partial charge in [-0.3, -0.25) is 0 Å². The predicted octanol–water partition coefficient (Wildman–Crippen LogP) is 4.05. The lowest BCUT2D eigenvalue weighted by molar-refractivity contribution is 0.217. The van der Waals surface area contributed by atoms with Crippen molar-refractivity contribution >= 4 is 11.8 Å². The topological polar surface area (TPSA) is 63.4 Å². The van der Waals surface area contributed by atoms with Crippen LogP contribution in [0, 0.1) is 6.92 Å². The summed E-state index contributed by atoms with van der Waals surface area (Å²) in [5, 5.41) is 8.65. The van der Waals surface area contributed by atoms with E-state index in [0.29, 0.717) is 24.5 Å². The van der Waals surface area contributed by atoms with Crippen molar-refractivity contribution in [3.05, 3.63) is 59.7 Å². The van der Waals surface area contributed by atoms with Crippen molar-refractivity contribution in [1.82, 2.24) is 0 Å². The van der Waals surface area contributed by atoms with E-state index in [1.54, 1.807) is 6.08 Å². The third-order valence-corrected chi connectivity index (χ3v) is 3.66. The molecule has 0 saturated carbocycles. The highest BCUT2D eigenvalue weighted by atomic mass is 16.5. The van der Waals surface area contributed by atoms with Gasteiger partial charge in [-0.15, -0.1) is 0 Å². The van der Waals surface area contributed by atoms with E-state index in [-0.39, 0.29) is 0 Å². The van der Waals surface area contributed by atoms with Crippen LogP contribution in [0.15, 0.2) is 63.8 Å². The first-order chi connectivity index (χ1) is 10.7. The Morgan fingerprint density at radius 1 is 1.14 bits per heavy atom. The van der Waals surface area contributed by atoms with Gasteiger partial charge in [0.2, 0.25) is 11.7 Å². The number of hydrogen-bond donors (Lipinski definition) is 0. The summed E-state index contributed by atoms with van der Waals surface area (Å²) >= 11 is 0. The highest BCUT2D eigenvalue weighted by Crippen LogP contribution is 2.43. The van der Waals surface area contributed by atoms with Crippen LogP contribution in [-0.4, -0.2) is 12.7 Å². The van der Waals surface area contributed by atoms with Gasteiger partial charge in [-0.25, -0.2) is 4.79 Å². The molecule has 3 rings (SSSR count). The molecule has 0 aromatic heterocycles. The molecule has 1 atom stereocenters. The van der Waals surface area contributed by atoms with Crippen LogP contribution in [0.25, 0.3) is 0 Å². The highest BCUT2D eigenvalue weighted by molar-refractivity contribution is 5.49. The summed E-state index contributed by atoms with van der Waals surface area (Å²) in [6, 6.07) is 15.1. The number of hydrogen-bond acceptors (Lipinski definition) is 5. The number of benzene rings is 2. The van der Waals surface area contributed by atoms with E-state index in [4.69, 9.17) is 4.74 Å². The van der Waals surface area contributed by atoms with Crippen LogP contribution in [0.3, 0.4) is 0 Å². The average molecular weight is 293 g/mol. The number of isocyanates is 1. The molecule has 5 heteroatoms. The minimum absolute atomic E-state index is 0.426. The number of rotatable bonds is 3. The molecule has 0 radical (unpaired) electrons. The Morgan fingerprint density at radius 2 is 1.95 bits per heavy atom. The smallest absolute Gasteiger partial charge is 0.237 e. The number of ether oxygens (including phenoxy) is 1. The lowest BCUT2D eigenvalue weighted by Crippen LogP contribution is -2.30. The minimum atomic E-state index is -1.06. The average Bonchev–Trinajstić information content (AvgIpc) is 2.55. The minimum Gasteiger partial charge on any atom is -0.493 e. The second-order valence-corrected chi connectivity index (χ2v) is 5.10. The largest absolute Gasteiger partial charge is 0.493 e. The number of fused-ring (bicyclic) bond motifs is 1. The summed E-state index contributed by atoms with van der Waals surface area (Å²) in [5.41, 5.74) is 1.40. The van der Waals surface area contributed by atoms with Crippen molar-refractivity contribution < 1.29 is 9.53 Å². The molecule has 0 fully saturated rings. The molecule has 22 heavy (non-hydrogen) atoms. The lowest BCUT2D eigenvalue weighted by atomic mass is 9.90. The zero-order valence-electron chi connectivity index (χ0n) is 12.2. The van der Waals surface area contributed by atoms with Crippen LogP contribution in [0.5, 0.6) is 5.75 Å². The quantitative estimate of drug-likeness (QED) is 0.487. The van der Waals surface area contributed by atoms with Gasteiger partial charge in [-0.2, -0.15) is 15.2 Å². The molecule has 110 valence electrons. The molecule has 0 bridgehead atoms. The van der Waals surface area contributed by atoms with Crippen molar-refractivity contribution in [1.29, 1.82) is 0 Å². The van der Waals surface area contributed by atoms with E-state index in [9.17, 15) is 4.79 Å². The predicted molar refractivity (Wildman–Crippen MR) is 82.0 cm³/mol. The van der Waals surface area contributed by atoms with Crippen molar-refractivity contribution in [2.75, 3.05) is 6.61 Å². The first-order valence-electron chi connectivity index (χ1n) is 7.05. The maximum Gasteiger partial charge on any atom is 0.237 e. The van der Waals surface area contributed by atoms with Crippen LogP contribution < -0.4 is 4.74 Å². The van der Waals surface area contributed by atoms with E-state index in [0.717, 1.165) is 11.1 Å². The molecule has 0 amide bonds. The monoisotopic (exact) mass is 293 g/mol. The molecule has 1 aliphatic heterocycles. The summed E-state index contributed by atoms with van der Waals surface area (Å²) in [7, 11) is 0. The van der Waals surface area contributed by atoms with Crippen LogP contribution in [0.4, 0.5) is 5.69 Å². The van der Waals surface area contributed by atoms with Crippen molar-refractivity contribution in [2.24, 2.45) is 15.2 Å². The highest BCUT2D eigenvalue weighted by Gasteiger charge is 2.39. The zero-order valence-corrected chi connectivity index (χ0v) is 12.2. The molecule has 1 heterocycles. The molecule has 1 unspecified atom stereocenters. The summed E-state index contributed by atoms with van der Waals surface area (Å²) in [6.45, 7) is 2.37. The number of carbonyl (C=O) groups excluding carboxylic acids is 1. The number of aliphatic imine (C=N–C) groups is 1. The summed E-state index contributed by atoms with van der Waals surface area (Å²) < 4.78 is 5.67. The van der Waals surface area contributed by atoms with E-state index >= 15 is 0 Å². The van der Waals surface area contributed by atoms with Crippen LogP contribution in [-0.2, 0) is 10.5 Å². The first-order valence-corrected chi connectivity index (χ1v) is 7.05. The van der Waals surface area contributed by atoms with Crippen molar-refractivity contribution in [3.63, 3.8) is 0 Å². The zero-order chi connectivity index (χ0) is 15.4. The Bertz CT molecular complexity index is 752. The Labute approximate surface area is 128 Å². The maximum absolute atomic E-state index is 11.0. The number of aryl methyl sites for hydroxylation is 1. The normalized spacial score (nSPS) is 20.0. The van der Waals surface area contributed by atoms with Crippen LogP contribution >= 0.6 is 0 Å². The summed E-state index contributed by atoms with van der Waals surface area (Å²) in [5.74, 6) is 0.692. The van der Waals surface area contributed by atoms with E-state index in [2.05, 4.69) is 15.2 Å². The van der Waals surface area contributed by atoms with Gasteiger partial charge in [0.15, 0.2) is 0 Å². The fraction of sp³-hybridized carbons (Fsp3) is 0.235. The fourth-order valence-corrected chi connectivity index (χ4v) is 2.65. The molecule has 5 nitrogen and oxygen atoms in total. The summed E-state index contributed by atoms with van der Waals surface area (Å²) in [6.07, 6.45) is 2.10. The Hall–Kier alpha value is -2.78. The van der Waals surface area contributed by atoms with Gasteiger partial charge in [-0.1, -0.05) is 30.3 Å². The molecular weight excluding hydrogens is 278 g/mol. The maximum atomic E-state index is 11.0. The lowest BCUT2D eigenvalue weighted by Gasteiger charge is -2.31. The molecule has 0 spiro atoms. The van der Waals surface area contributed by atoms with Gasteiger partial charge in [-0.05, 0) is 30.7 Å². The van der Waals surface area contributed by atoms with E-state index in [1.807, 2.05) is 55.5 Å². The van der Waals surface area contributed by atoms with Gasteiger partial charge in [0.1, 0.15) is 5.75 Å². The van der Waals surface area contributed by atoms with Crippen molar-refractivity contribution in [2.45, 2.75) is 19.0 Å². The Kier molecular flexibility index (Phi) is 3.81. The van der Waals surface area contributed by atoms with Gasteiger partial charge >= 0.3 is 0 Å². The SMILES string of the molecule is Cc1cccc2c1C(N=C=O)(N=Nc1ccccc1)CCO2. The van der Waals surface area contributed by atoms with Gasteiger partial charge in [0, 0.05) is 12.0 Å². The van der Waals surface area contributed by atoms with Gasteiger partial charge in [0.25, 0.3) is 0 Å². The van der Waals surface area contributed by atoms with E-state index < -0.39 is 5.66 Å². The molecule has 0 N–H and O–H groups in total. The third-order valence-electron chi connectivity index (χ3n) is 3.66.